The van der Waals surface area contributed by atoms with Crippen LogP contribution in [0.15, 0.2) is 17.5 Å². The van der Waals surface area contributed by atoms with Crippen LogP contribution < -0.4 is 5.32 Å². The second kappa shape index (κ2) is 6.28. The smallest absolute Gasteiger partial charge is 0.261 e. The topological polar surface area (TPSA) is 29.1 Å². The molecule has 1 atom stereocenters. The number of carbonyl (C=O) groups excluding carboxylic acids is 1. The summed E-state index contributed by atoms with van der Waals surface area (Å²) in [5.74, 6) is 0.510. The number of carbonyl (C=O) groups is 1. The van der Waals surface area contributed by atoms with Crippen LogP contribution in [0.5, 0.6) is 0 Å². The van der Waals surface area contributed by atoms with E-state index >= 15 is 0 Å². The van der Waals surface area contributed by atoms with Crippen molar-refractivity contribution in [2.24, 2.45) is 5.92 Å². The molecule has 84 valence electrons. The summed E-state index contributed by atoms with van der Waals surface area (Å²) in [6, 6.07) is 4.00. The van der Waals surface area contributed by atoms with Gasteiger partial charge in [0.2, 0.25) is 0 Å². The van der Waals surface area contributed by atoms with Crippen molar-refractivity contribution in [1.82, 2.24) is 5.32 Å². The van der Waals surface area contributed by atoms with Crippen LogP contribution in [0.2, 0.25) is 0 Å². The molecule has 1 unspecified atom stereocenters. The van der Waals surface area contributed by atoms with Gasteiger partial charge >= 0.3 is 0 Å². The number of hydrogen-bond donors (Lipinski definition) is 1. The summed E-state index contributed by atoms with van der Waals surface area (Å²) in [5, 5.41) is 5.90. The molecule has 0 aliphatic rings. The number of thiophene rings is 1. The Balaban J connectivity index is 2.55. The molecule has 1 N–H and O–H groups in total. The molecule has 1 aromatic heterocycles. The van der Waals surface area contributed by atoms with Crippen molar-refractivity contribution in [2.45, 2.75) is 26.3 Å². The molecule has 1 heterocycles. The lowest BCUT2D eigenvalue weighted by Crippen LogP contribution is -2.38. The van der Waals surface area contributed by atoms with Gasteiger partial charge in [-0.05, 0) is 23.8 Å². The van der Waals surface area contributed by atoms with Gasteiger partial charge in [0.05, 0.1) is 4.88 Å². The van der Waals surface area contributed by atoms with Gasteiger partial charge in [-0.15, -0.1) is 11.3 Å². The molecule has 0 spiro atoms. The first-order valence-electron chi connectivity index (χ1n) is 5.05. The number of nitrogens with one attached hydrogen (secondary N) is 1. The van der Waals surface area contributed by atoms with E-state index in [0.717, 1.165) is 16.6 Å². The first-order valence-corrected chi connectivity index (χ1v) is 7.05. The van der Waals surface area contributed by atoms with E-state index in [9.17, 15) is 4.79 Å². The van der Waals surface area contributed by atoms with E-state index in [1.165, 1.54) is 11.3 Å². The molecule has 0 saturated heterocycles. The third-order valence-corrected chi connectivity index (χ3v) is 3.61. The van der Waals surface area contributed by atoms with Gasteiger partial charge in [0.25, 0.3) is 5.91 Å². The fourth-order valence-electron chi connectivity index (χ4n) is 1.34. The summed E-state index contributed by atoms with van der Waals surface area (Å²) in [5.41, 5.74) is 0. The molecule has 1 amide bonds. The summed E-state index contributed by atoms with van der Waals surface area (Å²) in [6.07, 6.45) is 0.967. The standard InChI is InChI=1S/C11H16BrNOS/c1-8(2)9(5-6-12)13-11(14)10-4-3-7-15-10/h3-4,7-9H,5-6H2,1-2H3,(H,13,14). The largest absolute Gasteiger partial charge is 0.348 e. The van der Waals surface area contributed by atoms with Crippen molar-refractivity contribution in [3.63, 3.8) is 0 Å². The van der Waals surface area contributed by atoms with Crippen molar-refractivity contribution >= 4 is 33.2 Å². The summed E-state index contributed by atoms with van der Waals surface area (Å²) < 4.78 is 0. The maximum atomic E-state index is 11.8. The molecule has 15 heavy (non-hydrogen) atoms. The zero-order valence-corrected chi connectivity index (χ0v) is 11.4. The van der Waals surface area contributed by atoms with Gasteiger partial charge in [0, 0.05) is 11.4 Å². The van der Waals surface area contributed by atoms with Crippen LogP contribution in [0.1, 0.15) is 29.9 Å². The lowest BCUT2D eigenvalue weighted by Gasteiger charge is -2.21. The fourth-order valence-corrected chi connectivity index (χ4v) is 2.46. The van der Waals surface area contributed by atoms with Crippen LogP contribution in [0.3, 0.4) is 0 Å². The Morgan fingerprint density at radius 2 is 2.33 bits per heavy atom. The summed E-state index contributed by atoms with van der Waals surface area (Å²) in [4.78, 5) is 12.6. The predicted molar refractivity (Wildman–Crippen MR) is 68.8 cm³/mol. The molecule has 0 aromatic carbocycles. The number of rotatable bonds is 5. The van der Waals surface area contributed by atoms with Gasteiger partial charge in [0.1, 0.15) is 0 Å². The minimum absolute atomic E-state index is 0.0460. The molecule has 1 rings (SSSR count). The molecule has 0 aliphatic carbocycles. The Morgan fingerprint density at radius 3 is 2.80 bits per heavy atom. The highest BCUT2D eigenvalue weighted by Crippen LogP contribution is 2.12. The Morgan fingerprint density at radius 1 is 1.60 bits per heavy atom. The average molecular weight is 290 g/mol. The van der Waals surface area contributed by atoms with E-state index in [1.807, 2.05) is 17.5 Å². The monoisotopic (exact) mass is 289 g/mol. The van der Waals surface area contributed by atoms with Crippen LogP contribution in [0.4, 0.5) is 0 Å². The van der Waals surface area contributed by atoms with E-state index in [2.05, 4.69) is 35.1 Å². The van der Waals surface area contributed by atoms with E-state index < -0.39 is 0 Å². The van der Waals surface area contributed by atoms with Crippen LogP contribution in [0.25, 0.3) is 0 Å². The molecule has 4 heteroatoms. The highest BCUT2D eigenvalue weighted by Gasteiger charge is 2.16. The average Bonchev–Trinajstić information content (AvgIpc) is 2.69. The molecule has 0 fully saturated rings. The van der Waals surface area contributed by atoms with Crippen molar-refractivity contribution < 1.29 is 4.79 Å². The summed E-state index contributed by atoms with van der Waals surface area (Å²) in [6.45, 7) is 4.25. The normalized spacial score (nSPS) is 12.8. The van der Waals surface area contributed by atoms with Gasteiger partial charge in [-0.2, -0.15) is 0 Å². The van der Waals surface area contributed by atoms with E-state index in [1.54, 1.807) is 0 Å². The molecule has 0 saturated carbocycles. The highest BCUT2D eigenvalue weighted by molar-refractivity contribution is 9.09. The van der Waals surface area contributed by atoms with E-state index in [0.29, 0.717) is 5.92 Å². The molecular weight excluding hydrogens is 274 g/mol. The minimum atomic E-state index is 0.0460. The Kier molecular flexibility index (Phi) is 5.32. The van der Waals surface area contributed by atoms with Gasteiger partial charge in [-0.3, -0.25) is 4.79 Å². The second-order valence-corrected chi connectivity index (χ2v) is 5.52. The minimum Gasteiger partial charge on any atom is -0.348 e. The fraction of sp³-hybridized carbons (Fsp3) is 0.545. The SMILES string of the molecule is CC(C)C(CCBr)NC(=O)c1cccs1. The van der Waals surface area contributed by atoms with E-state index in [-0.39, 0.29) is 11.9 Å². The highest BCUT2D eigenvalue weighted by atomic mass is 79.9. The van der Waals surface area contributed by atoms with Gasteiger partial charge < -0.3 is 5.32 Å². The van der Waals surface area contributed by atoms with E-state index in [4.69, 9.17) is 0 Å². The van der Waals surface area contributed by atoms with Crippen LogP contribution in [0, 0.1) is 5.92 Å². The Hall–Kier alpha value is -0.350. The van der Waals surface area contributed by atoms with Gasteiger partial charge in [0.15, 0.2) is 0 Å². The van der Waals surface area contributed by atoms with Crippen LogP contribution in [-0.4, -0.2) is 17.3 Å². The summed E-state index contributed by atoms with van der Waals surface area (Å²) in [7, 11) is 0. The maximum Gasteiger partial charge on any atom is 0.261 e. The van der Waals surface area contributed by atoms with Crippen LogP contribution in [-0.2, 0) is 0 Å². The Bertz CT molecular complexity index is 298. The zero-order chi connectivity index (χ0) is 11.3. The summed E-state index contributed by atoms with van der Waals surface area (Å²) >= 11 is 4.89. The quantitative estimate of drug-likeness (QED) is 0.828. The van der Waals surface area contributed by atoms with Crippen molar-refractivity contribution in [1.29, 1.82) is 0 Å². The number of alkyl halides is 1. The number of halogens is 1. The molecule has 0 aliphatic heterocycles. The van der Waals surface area contributed by atoms with Gasteiger partial charge in [-0.25, -0.2) is 0 Å². The third-order valence-electron chi connectivity index (χ3n) is 2.29. The number of hydrogen-bond acceptors (Lipinski definition) is 2. The lowest BCUT2D eigenvalue weighted by atomic mass is 10.0. The van der Waals surface area contributed by atoms with Gasteiger partial charge in [-0.1, -0.05) is 35.8 Å². The zero-order valence-electron chi connectivity index (χ0n) is 9.00. The third kappa shape index (κ3) is 3.95. The van der Waals surface area contributed by atoms with Crippen molar-refractivity contribution in [3.8, 4) is 0 Å². The lowest BCUT2D eigenvalue weighted by molar-refractivity contribution is 0.0929. The van der Waals surface area contributed by atoms with Crippen molar-refractivity contribution in [2.75, 3.05) is 5.33 Å². The maximum absolute atomic E-state index is 11.8. The Labute approximate surface area is 103 Å². The first-order chi connectivity index (χ1) is 7.15. The molecular formula is C11H16BrNOS. The van der Waals surface area contributed by atoms with Crippen LogP contribution >= 0.6 is 27.3 Å². The number of amides is 1. The molecule has 1 aromatic rings. The molecule has 2 nitrogen and oxygen atoms in total. The van der Waals surface area contributed by atoms with Crippen molar-refractivity contribution in [3.05, 3.63) is 22.4 Å². The molecule has 0 radical (unpaired) electrons. The molecule has 0 bridgehead atoms. The predicted octanol–water partition coefficient (Wildman–Crippen LogP) is 3.29. The second-order valence-electron chi connectivity index (χ2n) is 3.78. The first kappa shape index (κ1) is 12.7.